The molecule has 31 heavy (non-hydrogen) atoms. The smallest absolute Gasteiger partial charge is 0.416 e. The number of sulfone groups is 1. The summed E-state index contributed by atoms with van der Waals surface area (Å²) in [5.41, 5.74) is 1.36. The number of nitrogens with zero attached hydrogens (tertiary/aromatic N) is 1. The van der Waals surface area contributed by atoms with Crippen molar-refractivity contribution in [2.45, 2.75) is 36.9 Å². The van der Waals surface area contributed by atoms with E-state index in [1.54, 1.807) is 6.07 Å². The van der Waals surface area contributed by atoms with E-state index in [2.05, 4.69) is 0 Å². The Hall–Kier alpha value is -2.81. The lowest BCUT2D eigenvalue weighted by atomic mass is 9.93. The van der Waals surface area contributed by atoms with Crippen LogP contribution in [0.3, 0.4) is 0 Å². The van der Waals surface area contributed by atoms with Crippen LogP contribution in [0, 0.1) is 5.92 Å². The van der Waals surface area contributed by atoms with Crippen molar-refractivity contribution in [1.29, 1.82) is 0 Å². The molecule has 4 rings (SSSR count). The second-order valence-corrected chi connectivity index (χ2v) is 9.91. The molecular formula is C22H20F3NO4S. The van der Waals surface area contributed by atoms with E-state index in [0.717, 1.165) is 28.4 Å². The SMILES string of the molecule is CS(=O)(=O)c1ccc(Cc2c3n(c4ccccc24)CC(C(=O)O)CC3)c(C(F)(F)F)c1. The van der Waals surface area contributed by atoms with Gasteiger partial charge in [0.2, 0.25) is 0 Å². The van der Waals surface area contributed by atoms with E-state index in [9.17, 15) is 31.5 Å². The first-order chi connectivity index (χ1) is 14.5. The summed E-state index contributed by atoms with van der Waals surface area (Å²) in [6.45, 7) is 0.268. The zero-order valence-corrected chi connectivity index (χ0v) is 17.4. The fourth-order valence-corrected chi connectivity index (χ4v) is 4.99. The maximum atomic E-state index is 13.8. The minimum atomic E-state index is -4.71. The van der Waals surface area contributed by atoms with E-state index < -0.39 is 33.5 Å². The van der Waals surface area contributed by atoms with Crippen molar-refractivity contribution in [3.63, 3.8) is 0 Å². The molecule has 1 N–H and O–H groups in total. The van der Waals surface area contributed by atoms with Crippen LogP contribution in [0.15, 0.2) is 47.4 Å². The monoisotopic (exact) mass is 451 g/mol. The zero-order valence-electron chi connectivity index (χ0n) is 16.6. The van der Waals surface area contributed by atoms with Gasteiger partial charge in [-0.3, -0.25) is 4.79 Å². The molecule has 9 heteroatoms. The minimum absolute atomic E-state index is 0.0144. The lowest BCUT2D eigenvalue weighted by Crippen LogP contribution is -2.26. The van der Waals surface area contributed by atoms with Crippen LogP contribution in [-0.2, 0) is 40.2 Å². The molecule has 3 aromatic rings. The molecule has 1 aromatic heterocycles. The van der Waals surface area contributed by atoms with Gasteiger partial charge in [-0.1, -0.05) is 24.3 Å². The number of alkyl halides is 3. The Morgan fingerprint density at radius 2 is 1.90 bits per heavy atom. The van der Waals surface area contributed by atoms with Crippen LogP contribution in [0.4, 0.5) is 13.2 Å². The maximum absolute atomic E-state index is 13.8. The molecule has 0 aliphatic carbocycles. The van der Waals surface area contributed by atoms with Gasteiger partial charge in [0.15, 0.2) is 9.84 Å². The van der Waals surface area contributed by atoms with Crippen molar-refractivity contribution in [2.75, 3.05) is 6.26 Å². The predicted octanol–water partition coefficient (Wildman–Crippen LogP) is 4.30. The van der Waals surface area contributed by atoms with E-state index in [1.165, 1.54) is 12.1 Å². The number of carbonyl (C=O) groups is 1. The van der Waals surface area contributed by atoms with Gasteiger partial charge in [0, 0.05) is 35.8 Å². The van der Waals surface area contributed by atoms with Crippen molar-refractivity contribution in [3.05, 3.63) is 64.8 Å². The van der Waals surface area contributed by atoms with Gasteiger partial charge in [0.25, 0.3) is 0 Å². The van der Waals surface area contributed by atoms with Crippen LogP contribution in [0.1, 0.15) is 28.8 Å². The highest BCUT2D eigenvalue weighted by atomic mass is 32.2. The summed E-state index contributed by atoms with van der Waals surface area (Å²) in [5.74, 6) is -1.43. The highest BCUT2D eigenvalue weighted by molar-refractivity contribution is 7.90. The van der Waals surface area contributed by atoms with E-state index in [1.807, 2.05) is 22.8 Å². The summed E-state index contributed by atoms with van der Waals surface area (Å²) in [6, 6.07) is 10.4. The van der Waals surface area contributed by atoms with Gasteiger partial charge in [0.1, 0.15) is 0 Å². The molecule has 5 nitrogen and oxygen atoms in total. The van der Waals surface area contributed by atoms with Crippen LogP contribution < -0.4 is 0 Å². The standard InChI is InChI=1S/C22H20F3NO4S/c1-31(29,30)15-8-6-13(18(11-15)22(23,24)25)10-17-16-4-2-3-5-19(16)26-12-14(21(27)28)7-9-20(17)26/h2-6,8,11,14H,7,9-10,12H2,1H3,(H,27,28). The van der Waals surface area contributed by atoms with E-state index in [-0.39, 0.29) is 23.4 Å². The first kappa shape index (κ1) is 21.4. The number of aliphatic carboxylic acids is 1. The molecule has 1 unspecified atom stereocenters. The van der Waals surface area contributed by atoms with Gasteiger partial charge in [-0.05, 0) is 42.2 Å². The summed E-state index contributed by atoms with van der Waals surface area (Å²) in [7, 11) is -3.79. The topological polar surface area (TPSA) is 76.4 Å². The third-order valence-corrected chi connectivity index (χ3v) is 6.97. The minimum Gasteiger partial charge on any atom is -0.481 e. The number of benzene rings is 2. The number of hydrogen-bond donors (Lipinski definition) is 1. The van der Waals surface area contributed by atoms with Crippen molar-refractivity contribution in [3.8, 4) is 0 Å². The number of hydrogen-bond acceptors (Lipinski definition) is 3. The fraction of sp³-hybridized carbons (Fsp3) is 0.318. The van der Waals surface area contributed by atoms with Crippen molar-refractivity contribution < 1.29 is 31.5 Å². The predicted molar refractivity (Wildman–Crippen MR) is 109 cm³/mol. The normalized spacial score (nSPS) is 17.0. The number of fused-ring (bicyclic) bond motifs is 3. The third-order valence-electron chi connectivity index (χ3n) is 5.86. The van der Waals surface area contributed by atoms with Gasteiger partial charge in [-0.25, -0.2) is 8.42 Å². The Bertz CT molecular complexity index is 1290. The maximum Gasteiger partial charge on any atom is 0.416 e. The number of halogens is 3. The van der Waals surface area contributed by atoms with E-state index in [4.69, 9.17) is 0 Å². The summed E-state index contributed by atoms with van der Waals surface area (Å²) in [5, 5.41) is 10.2. The summed E-state index contributed by atoms with van der Waals surface area (Å²) in [6.07, 6.45) is -3.00. The molecule has 164 valence electrons. The first-order valence-electron chi connectivity index (χ1n) is 9.69. The summed E-state index contributed by atoms with van der Waals surface area (Å²) in [4.78, 5) is 11.1. The number of carboxylic acid groups (broad SMARTS) is 1. The van der Waals surface area contributed by atoms with Crippen molar-refractivity contribution >= 4 is 26.7 Å². The molecule has 2 heterocycles. The quantitative estimate of drug-likeness (QED) is 0.642. The van der Waals surface area contributed by atoms with Gasteiger partial charge in [-0.15, -0.1) is 0 Å². The molecule has 0 amide bonds. The summed E-state index contributed by atoms with van der Waals surface area (Å²) >= 11 is 0. The molecule has 0 saturated heterocycles. The molecule has 1 aliphatic rings. The first-order valence-corrected chi connectivity index (χ1v) is 11.6. The molecule has 0 bridgehead atoms. The molecule has 1 atom stereocenters. The number of aromatic nitrogens is 1. The second kappa shape index (κ2) is 7.40. The Kier molecular flexibility index (Phi) is 5.12. The Morgan fingerprint density at radius 1 is 1.19 bits per heavy atom. The van der Waals surface area contributed by atoms with Crippen LogP contribution in [0.2, 0.25) is 0 Å². The molecule has 0 saturated carbocycles. The Morgan fingerprint density at radius 3 is 2.55 bits per heavy atom. The van der Waals surface area contributed by atoms with Crippen molar-refractivity contribution in [1.82, 2.24) is 4.57 Å². The van der Waals surface area contributed by atoms with Crippen LogP contribution in [0.25, 0.3) is 10.9 Å². The lowest BCUT2D eigenvalue weighted by Gasteiger charge is -2.23. The van der Waals surface area contributed by atoms with Crippen LogP contribution in [0.5, 0.6) is 0 Å². The number of rotatable bonds is 4. The Balaban J connectivity index is 1.86. The van der Waals surface area contributed by atoms with Crippen LogP contribution >= 0.6 is 0 Å². The number of para-hydroxylation sites is 1. The van der Waals surface area contributed by atoms with Gasteiger partial charge < -0.3 is 9.67 Å². The van der Waals surface area contributed by atoms with Crippen molar-refractivity contribution in [2.24, 2.45) is 5.92 Å². The zero-order chi connectivity index (χ0) is 22.6. The molecule has 1 aliphatic heterocycles. The molecule has 2 aromatic carbocycles. The van der Waals surface area contributed by atoms with Gasteiger partial charge in [-0.2, -0.15) is 13.2 Å². The van der Waals surface area contributed by atoms with E-state index in [0.29, 0.717) is 18.9 Å². The van der Waals surface area contributed by atoms with Gasteiger partial charge >= 0.3 is 12.1 Å². The average molecular weight is 451 g/mol. The number of carboxylic acids is 1. The second-order valence-electron chi connectivity index (χ2n) is 7.89. The lowest BCUT2D eigenvalue weighted by molar-refractivity contribution is -0.142. The van der Waals surface area contributed by atoms with Crippen LogP contribution in [-0.4, -0.2) is 30.3 Å². The molecular weight excluding hydrogens is 431 g/mol. The fourth-order valence-electron chi connectivity index (χ4n) is 4.34. The van der Waals surface area contributed by atoms with E-state index >= 15 is 0 Å². The molecule has 0 fully saturated rings. The highest BCUT2D eigenvalue weighted by Crippen LogP contribution is 2.38. The summed E-state index contributed by atoms with van der Waals surface area (Å²) < 4.78 is 66.8. The molecule has 0 spiro atoms. The highest BCUT2D eigenvalue weighted by Gasteiger charge is 2.35. The average Bonchev–Trinajstić information content (AvgIpc) is 3.00. The van der Waals surface area contributed by atoms with Gasteiger partial charge in [0.05, 0.1) is 16.4 Å². The molecule has 0 radical (unpaired) electrons. The largest absolute Gasteiger partial charge is 0.481 e. The third kappa shape index (κ3) is 3.94. The Labute approximate surface area is 177 Å².